The van der Waals surface area contributed by atoms with Crippen LogP contribution in [0.25, 0.3) is 0 Å². The Morgan fingerprint density at radius 3 is 2.71 bits per heavy atom. The molecule has 0 saturated carbocycles. The number of rotatable bonds is 3. The maximum absolute atomic E-state index is 13.4. The summed E-state index contributed by atoms with van der Waals surface area (Å²) in [6.45, 7) is 0. The third-order valence-corrected chi connectivity index (χ3v) is 2.51. The lowest BCUT2D eigenvalue weighted by Crippen LogP contribution is -2.06. The van der Waals surface area contributed by atoms with Gasteiger partial charge in [0.05, 0.1) is 23.3 Å². The highest BCUT2D eigenvalue weighted by Gasteiger charge is 2.16. The molecule has 0 aliphatic heterocycles. The van der Waals surface area contributed by atoms with Gasteiger partial charge in [-0.1, -0.05) is 11.6 Å². The van der Waals surface area contributed by atoms with Gasteiger partial charge in [0.15, 0.2) is 5.78 Å². The Kier molecular flexibility index (Phi) is 3.24. The van der Waals surface area contributed by atoms with E-state index in [0.29, 0.717) is 5.76 Å². The molecule has 88 valence electrons. The molecular weight excluding hydrogens is 250 g/mol. The summed E-state index contributed by atoms with van der Waals surface area (Å²) in [6.07, 6.45) is 1.28. The lowest BCUT2D eigenvalue weighted by atomic mass is 10.1. The largest absolute Gasteiger partial charge is 0.469 e. The molecule has 1 aromatic carbocycles. The quantitative estimate of drug-likeness (QED) is 0.620. The molecule has 0 saturated heterocycles. The molecule has 2 rings (SSSR count). The van der Waals surface area contributed by atoms with Crippen molar-refractivity contribution in [3.05, 3.63) is 58.5 Å². The van der Waals surface area contributed by atoms with Gasteiger partial charge >= 0.3 is 0 Å². The molecule has 0 unspecified atom stereocenters. The molecule has 1 aromatic heterocycles. The van der Waals surface area contributed by atoms with E-state index >= 15 is 0 Å². The lowest BCUT2D eigenvalue weighted by molar-refractivity contribution is 0.0982. The standard InChI is InChI=1S/C12H7ClF2O2/c13-9-6-10(14)8(5-11(9)15)12(16)4-7-2-1-3-17-7/h1-3,5-6H,4H2. The van der Waals surface area contributed by atoms with E-state index in [4.69, 9.17) is 16.0 Å². The summed E-state index contributed by atoms with van der Waals surface area (Å²) in [5, 5.41) is -0.350. The van der Waals surface area contributed by atoms with E-state index in [-0.39, 0.29) is 17.0 Å². The van der Waals surface area contributed by atoms with Crippen LogP contribution < -0.4 is 0 Å². The summed E-state index contributed by atoms with van der Waals surface area (Å²) in [5.74, 6) is -1.83. The van der Waals surface area contributed by atoms with E-state index in [1.54, 1.807) is 12.1 Å². The van der Waals surface area contributed by atoms with Crippen LogP contribution in [0, 0.1) is 11.6 Å². The summed E-state index contributed by atoms with van der Waals surface area (Å²) >= 11 is 5.39. The first kappa shape index (κ1) is 11.8. The maximum Gasteiger partial charge on any atom is 0.173 e. The van der Waals surface area contributed by atoms with Crippen molar-refractivity contribution in [3.63, 3.8) is 0 Å². The molecule has 0 N–H and O–H groups in total. The number of hydrogen-bond donors (Lipinski definition) is 0. The fourth-order valence-electron chi connectivity index (χ4n) is 1.40. The van der Waals surface area contributed by atoms with Crippen molar-refractivity contribution >= 4 is 17.4 Å². The molecule has 0 radical (unpaired) electrons. The molecule has 0 spiro atoms. The van der Waals surface area contributed by atoms with Gasteiger partial charge in [0, 0.05) is 0 Å². The SMILES string of the molecule is O=C(Cc1ccco1)c1cc(F)c(Cl)cc1F. The van der Waals surface area contributed by atoms with Crippen molar-refractivity contribution in [1.82, 2.24) is 0 Å². The fourth-order valence-corrected chi connectivity index (χ4v) is 1.55. The van der Waals surface area contributed by atoms with Gasteiger partial charge in [-0.2, -0.15) is 0 Å². The van der Waals surface area contributed by atoms with E-state index in [1.807, 2.05) is 0 Å². The van der Waals surface area contributed by atoms with Crippen molar-refractivity contribution in [3.8, 4) is 0 Å². The summed E-state index contributed by atoms with van der Waals surface area (Å²) in [6, 6.07) is 4.78. The van der Waals surface area contributed by atoms with Crippen molar-refractivity contribution in [1.29, 1.82) is 0 Å². The Morgan fingerprint density at radius 2 is 2.06 bits per heavy atom. The van der Waals surface area contributed by atoms with Crippen molar-refractivity contribution in [2.75, 3.05) is 0 Å². The smallest absolute Gasteiger partial charge is 0.173 e. The third kappa shape index (κ3) is 2.53. The van der Waals surface area contributed by atoms with Crippen LogP contribution in [-0.4, -0.2) is 5.78 Å². The van der Waals surface area contributed by atoms with Crippen molar-refractivity contribution in [2.24, 2.45) is 0 Å². The Balaban J connectivity index is 2.28. The Morgan fingerprint density at radius 1 is 1.29 bits per heavy atom. The summed E-state index contributed by atoms with van der Waals surface area (Å²) in [7, 11) is 0. The minimum absolute atomic E-state index is 0.120. The molecule has 0 amide bonds. The summed E-state index contributed by atoms with van der Waals surface area (Å²) < 4.78 is 31.5. The zero-order valence-electron chi connectivity index (χ0n) is 8.54. The van der Waals surface area contributed by atoms with Gasteiger partial charge in [0.2, 0.25) is 0 Å². The van der Waals surface area contributed by atoms with Gasteiger partial charge in [-0.3, -0.25) is 4.79 Å². The number of Topliss-reactive ketones (excluding diaryl/α,β-unsaturated/α-hetero) is 1. The van der Waals surface area contributed by atoms with Gasteiger partial charge in [-0.15, -0.1) is 0 Å². The van der Waals surface area contributed by atoms with E-state index in [2.05, 4.69) is 0 Å². The van der Waals surface area contributed by atoms with E-state index < -0.39 is 17.4 Å². The second-order valence-corrected chi connectivity index (χ2v) is 3.83. The van der Waals surface area contributed by atoms with Crippen LogP contribution in [0.2, 0.25) is 5.02 Å². The monoisotopic (exact) mass is 256 g/mol. The highest BCUT2D eigenvalue weighted by molar-refractivity contribution is 6.30. The number of carbonyl (C=O) groups excluding carboxylic acids is 1. The molecule has 17 heavy (non-hydrogen) atoms. The first-order chi connectivity index (χ1) is 8.08. The van der Waals surface area contributed by atoms with Gasteiger partial charge in [0.25, 0.3) is 0 Å². The normalized spacial score (nSPS) is 10.5. The summed E-state index contributed by atoms with van der Waals surface area (Å²) in [5.41, 5.74) is -0.330. The molecule has 0 bridgehead atoms. The van der Waals surface area contributed by atoms with Crippen LogP contribution in [0.5, 0.6) is 0 Å². The number of ketones is 1. The van der Waals surface area contributed by atoms with Crippen LogP contribution in [0.1, 0.15) is 16.1 Å². The molecule has 0 atom stereocenters. The predicted octanol–water partition coefficient (Wildman–Crippen LogP) is 3.64. The van der Waals surface area contributed by atoms with Crippen LogP contribution >= 0.6 is 11.6 Å². The number of hydrogen-bond acceptors (Lipinski definition) is 2. The average molecular weight is 257 g/mol. The average Bonchev–Trinajstić information content (AvgIpc) is 2.76. The van der Waals surface area contributed by atoms with Crippen molar-refractivity contribution < 1.29 is 18.0 Å². The Bertz CT molecular complexity index is 550. The molecule has 2 nitrogen and oxygen atoms in total. The maximum atomic E-state index is 13.4. The molecule has 5 heteroatoms. The molecule has 0 fully saturated rings. The number of benzene rings is 1. The minimum atomic E-state index is -0.840. The molecule has 1 heterocycles. The second-order valence-electron chi connectivity index (χ2n) is 3.43. The Labute approximate surface area is 101 Å². The van der Waals surface area contributed by atoms with Gasteiger partial charge in [0.1, 0.15) is 17.4 Å². The Hall–Kier alpha value is -1.68. The zero-order valence-corrected chi connectivity index (χ0v) is 9.30. The lowest BCUT2D eigenvalue weighted by Gasteiger charge is -2.02. The minimum Gasteiger partial charge on any atom is -0.469 e. The summed E-state index contributed by atoms with van der Waals surface area (Å²) in [4.78, 5) is 11.7. The molecule has 0 aliphatic carbocycles. The topological polar surface area (TPSA) is 30.2 Å². The van der Waals surface area contributed by atoms with Crippen LogP contribution in [0.3, 0.4) is 0 Å². The molecular formula is C12H7ClF2O2. The van der Waals surface area contributed by atoms with Gasteiger partial charge in [-0.25, -0.2) is 8.78 Å². The van der Waals surface area contributed by atoms with E-state index in [9.17, 15) is 13.6 Å². The number of halogens is 3. The zero-order chi connectivity index (χ0) is 12.4. The van der Waals surface area contributed by atoms with Crippen LogP contribution in [0.15, 0.2) is 34.9 Å². The highest BCUT2D eigenvalue weighted by Crippen LogP contribution is 2.20. The highest BCUT2D eigenvalue weighted by atomic mass is 35.5. The van der Waals surface area contributed by atoms with E-state index in [1.165, 1.54) is 6.26 Å². The fraction of sp³-hybridized carbons (Fsp3) is 0.0833. The number of carbonyl (C=O) groups is 1. The first-order valence-corrected chi connectivity index (χ1v) is 5.16. The van der Waals surface area contributed by atoms with Crippen molar-refractivity contribution in [2.45, 2.75) is 6.42 Å². The predicted molar refractivity (Wildman–Crippen MR) is 58.1 cm³/mol. The van der Waals surface area contributed by atoms with E-state index in [0.717, 1.165) is 12.1 Å². The van der Waals surface area contributed by atoms with Gasteiger partial charge in [-0.05, 0) is 24.3 Å². The van der Waals surface area contributed by atoms with Crippen LogP contribution in [0.4, 0.5) is 8.78 Å². The number of furan rings is 1. The first-order valence-electron chi connectivity index (χ1n) is 4.78. The molecule has 2 aromatic rings. The molecule has 0 aliphatic rings. The third-order valence-electron chi connectivity index (χ3n) is 2.23. The van der Waals surface area contributed by atoms with Crippen LogP contribution in [-0.2, 0) is 6.42 Å². The van der Waals surface area contributed by atoms with Gasteiger partial charge < -0.3 is 4.42 Å². The second kappa shape index (κ2) is 4.67.